The van der Waals surface area contributed by atoms with Gasteiger partial charge in [-0.05, 0) is 59.2 Å². The second-order valence-electron chi connectivity index (χ2n) is 11.4. The molecule has 1 aliphatic carbocycles. The molecule has 2 saturated heterocycles. The Morgan fingerprint density at radius 3 is 2.56 bits per heavy atom. The molecule has 2 aromatic rings. The molecular weight excluding hydrogens is 544 g/mol. The molecule has 3 aliphatic rings. The number of carbonyl (C=O) groups is 1. The van der Waals surface area contributed by atoms with Crippen molar-refractivity contribution in [1.82, 2.24) is 14.8 Å². The van der Waals surface area contributed by atoms with Crippen molar-refractivity contribution in [3.63, 3.8) is 0 Å². The Morgan fingerprint density at radius 1 is 1.12 bits per heavy atom. The number of amides is 1. The molecule has 2 N–H and O–H groups in total. The minimum absolute atomic E-state index is 0.0898. The summed E-state index contributed by atoms with van der Waals surface area (Å²) < 4.78 is 22.8. The molecule has 1 aromatic heterocycles. The number of hydrogen-bond acceptors (Lipinski definition) is 8. The number of benzene rings is 1. The Kier molecular flexibility index (Phi) is 11.1. The number of morpholine rings is 1. The van der Waals surface area contributed by atoms with Crippen molar-refractivity contribution in [2.45, 2.75) is 38.1 Å². The van der Waals surface area contributed by atoms with Crippen LogP contribution in [-0.4, -0.2) is 86.6 Å². The Hall–Kier alpha value is -3.34. The fraction of sp³-hybridized carbons (Fsp3) is 0.471. The molecule has 9 nitrogen and oxygen atoms in total. The summed E-state index contributed by atoms with van der Waals surface area (Å²) in [5.41, 5.74) is 11.2. The van der Waals surface area contributed by atoms with Crippen LogP contribution < -0.4 is 5.73 Å². The molecule has 9 heteroatoms. The molecular formula is C34H44N4O5. The van der Waals surface area contributed by atoms with E-state index >= 15 is 0 Å². The third kappa shape index (κ3) is 8.84. The fourth-order valence-corrected chi connectivity index (χ4v) is 5.37. The van der Waals surface area contributed by atoms with Crippen molar-refractivity contribution in [2.75, 3.05) is 59.7 Å². The minimum Gasteiger partial charge on any atom is -0.499 e. The first-order valence-corrected chi connectivity index (χ1v) is 15.2. The number of carbonyl (C=O) groups excluding carboxylic acids is 1. The molecule has 230 valence electrons. The molecule has 1 amide bonds. The highest BCUT2D eigenvalue weighted by atomic mass is 16.5. The van der Waals surface area contributed by atoms with Crippen molar-refractivity contribution < 1.29 is 23.7 Å². The van der Waals surface area contributed by atoms with E-state index < -0.39 is 0 Å². The highest BCUT2D eigenvalue weighted by molar-refractivity contribution is 5.93. The van der Waals surface area contributed by atoms with E-state index in [0.29, 0.717) is 58.4 Å². The first kappa shape index (κ1) is 31.1. The molecule has 0 spiro atoms. The number of pyridine rings is 1. The van der Waals surface area contributed by atoms with E-state index in [0.717, 1.165) is 41.5 Å². The maximum Gasteiger partial charge on any atom is 0.272 e. The van der Waals surface area contributed by atoms with Gasteiger partial charge in [-0.25, -0.2) is 0 Å². The third-order valence-corrected chi connectivity index (χ3v) is 8.20. The van der Waals surface area contributed by atoms with Gasteiger partial charge in [0.25, 0.3) is 5.91 Å². The van der Waals surface area contributed by atoms with Crippen LogP contribution in [0.25, 0.3) is 0 Å². The highest BCUT2D eigenvalue weighted by Crippen LogP contribution is 2.39. The third-order valence-electron chi connectivity index (χ3n) is 8.20. The Balaban J connectivity index is 1.08. The number of nitrogens with zero attached hydrogens (tertiary/aromatic N) is 3. The topological polar surface area (TPSA) is 99.4 Å². The molecule has 1 atom stereocenters. The number of hydrogen-bond donors (Lipinski definition) is 1. The first-order chi connectivity index (χ1) is 21.0. The number of methoxy groups -OCH3 is 1. The molecule has 1 saturated carbocycles. The van der Waals surface area contributed by atoms with Gasteiger partial charge in [0.15, 0.2) is 0 Å². The molecule has 2 aliphatic heterocycles. The molecule has 5 rings (SSSR count). The van der Waals surface area contributed by atoms with Gasteiger partial charge < -0.3 is 29.6 Å². The van der Waals surface area contributed by atoms with Crippen LogP contribution in [0.5, 0.6) is 0 Å². The van der Waals surface area contributed by atoms with Crippen molar-refractivity contribution >= 4 is 5.91 Å². The second kappa shape index (κ2) is 15.4. The number of ether oxygens (including phenoxy) is 4. The molecule has 1 unspecified atom stereocenters. The van der Waals surface area contributed by atoms with Crippen LogP contribution >= 0.6 is 0 Å². The predicted molar refractivity (Wildman–Crippen MR) is 165 cm³/mol. The minimum atomic E-state index is -0.175. The van der Waals surface area contributed by atoms with Gasteiger partial charge in [-0.15, -0.1) is 0 Å². The fourth-order valence-electron chi connectivity index (χ4n) is 5.37. The van der Waals surface area contributed by atoms with Crippen LogP contribution in [0.15, 0.2) is 78.7 Å². The van der Waals surface area contributed by atoms with E-state index in [1.165, 1.54) is 18.4 Å². The summed E-state index contributed by atoms with van der Waals surface area (Å²) in [5.74, 6) is 1.57. The van der Waals surface area contributed by atoms with E-state index in [9.17, 15) is 4.79 Å². The highest BCUT2D eigenvalue weighted by Gasteiger charge is 2.33. The van der Waals surface area contributed by atoms with Crippen LogP contribution in [0.3, 0.4) is 0 Å². The molecule has 1 aromatic carbocycles. The van der Waals surface area contributed by atoms with Gasteiger partial charge in [0.2, 0.25) is 0 Å². The van der Waals surface area contributed by atoms with Crippen LogP contribution in [0.4, 0.5) is 0 Å². The Labute approximate surface area is 254 Å². The lowest BCUT2D eigenvalue weighted by molar-refractivity contribution is -0.0118. The SMILES string of the molecule is C=C/C=C(\C=C(/COCc1ccc(C2CC2)cc1)OC)C1CN(C(=O)c2cc(COCC(N)N3CCOCC3)ccn2)C1. The van der Waals surface area contributed by atoms with Crippen molar-refractivity contribution in [3.8, 4) is 0 Å². The van der Waals surface area contributed by atoms with E-state index in [1.807, 2.05) is 23.1 Å². The Morgan fingerprint density at radius 2 is 1.86 bits per heavy atom. The van der Waals surface area contributed by atoms with Gasteiger partial charge in [-0.2, -0.15) is 0 Å². The number of rotatable bonds is 15. The molecule has 3 fully saturated rings. The quantitative estimate of drug-likeness (QED) is 0.246. The monoisotopic (exact) mass is 588 g/mol. The maximum atomic E-state index is 13.2. The predicted octanol–water partition coefficient (Wildman–Crippen LogP) is 4.02. The normalized spacial score (nSPS) is 19.2. The van der Waals surface area contributed by atoms with Gasteiger partial charge in [-0.1, -0.05) is 43.0 Å². The number of aromatic nitrogens is 1. The van der Waals surface area contributed by atoms with Gasteiger partial charge >= 0.3 is 0 Å². The Bertz CT molecular complexity index is 1280. The first-order valence-electron chi connectivity index (χ1n) is 15.2. The van der Waals surface area contributed by atoms with Crippen molar-refractivity contribution in [3.05, 3.63) is 101 Å². The summed E-state index contributed by atoms with van der Waals surface area (Å²) >= 11 is 0. The maximum absolute atomic E-state index is 13.2. The summed E-state index contributed by atoms with van der Waals surface area (Å²) in [5, 5.41) is 0. The van der Waals surface area contributed by atoms with Crippen LogP contribution in [0, 0.1) is 5.92 Å². The lowest BCUT2D eigenvalue weighted by Crippen LogP contribution is -2.50. The zero-order valence-corrected chi connectivity index (χ0v) is 25.2. The standard InChI is InChI=1S/C34H44N4O5/c1-3-4-29(18-31(40-2)23-42-21-25-5-7-27(8-6-25)28-9-10-28)30-19-38(20-30)34(39)32-17-26(11-12-36-32)22-43-24-33(35)37-13-15-41-16-14-37/h3-8,11-12,17-18,28,30,33H,1,9-10,13-16,19-24,35H2,2H3/b29-4+,31-18+. The average molecular weight is 589 g/mol. The van der Waals surface area contributed by atoms with Gasteiger partial charge in [-0.3, -0.25) is 14.7 Å². The summed E-state index contributed by atoms with van der Waals surface area (Å²) in [6.45, 7) is 9.74. The van der Waals surface area contributed by atoms with E-state index in [-0.39, 0.29) is 18.0 Å². The smallest absolute Gasteiger partial charge is 0.272 e. The lowest BCUT2D eigenvalue weighted by Gasteiger charge is -2.40. The number of allylic oxidation sites excluding steroid dienone is 3. The lowest BCUT2D eigenvalue weighted by atomic mass is 9.89. The molecule has 3 heterocycles. The van der Waals surface area contributed by atoms with Gasteiger partial charge in [0.05, 0.1) is 46.3 Å². The molecule has 0 bridgehead atoms. The van der Waals surface area contributed by atoms with Crippen LogP contribution in [-0.2, 0) is 32.2 Å². The summed E-state index contributed by atoms with van der Waals surface area (Å²) in [7, 11) is 1.65. The molecule has 43 heavy (non-hydrogen) atoms. The average Bonchev–Trinajstić information content (AvgIpc) is 3.86. The van der Waals surface area contributed by atoms with Gasteiger partial charge in [0, 0.05) is 38.3 Å². The summed E-state index contributed by atoms with van der Waals surface area (Å²) in [6, 6.07) is 12.4. The largest absolute Gasteiger partial charge is 0.499 e. The van der Waals surface area contributed by atoms with Crippen molar-refractivity contribution in [2.24, 2.45) is 11.7 Å². The summed E-state index contributed by atoms with van der Waals surface area (Å²) in [4.78, 5) is 21.5. The van der Waals surface area contributed by atoms with Crippen LogP contribution in [0.2, 0.25) is 0 Å². The summed E-state index contributed by atoms with van der Waals surface area (Å²) in [6.07, 6.45) is 9.83. The van der Waals surface area contributed by atoms with Crippen molar-refractivity contribution in [1.29, 1.82) is 0 Å². The van der Waals surface area contributed by atoms with Crippen LogP contribution in [0.1, 0.15) is 45.9 Å². The van der Waals surface area contributed by atoms with E-state index in [4.69, 9.17) is 24.7 Å². The molecule has 0 radical (unpaired) electrons. The zero-order valence-electron chi connectivity index (χ0n) is 25.2. The van der Waals surface area contributed by atoms with E-state index in [1.54, 1.807) is 25.4 Å². The zero-order chi connectivity index (χ0) is 30.0. The number of nitrogens with two attached hydrogens (primary N) is 1. The second-order valence-corrected chi connectivity index (χ2v) is 11.4. The van der Waals surface area contributed by atoms with Gasteiger partial charge in [0.1, 0.15) is 18.1 Å². The van der Waals surface area contributed by atoms with E-state index in [2.05, 4.69) is 40.7 Å². The number of likely N-dealkylation sites (tertiary alicyclic amines) is 1.